The third kappa shape index (κ3) is 2.59. The molecule has 1 aromatic rings. The maximum Gasteiger partial charge on any atom is 0.409 e. The van der Waals surface area contributed by atoms with Gasteiger partial charge in [-0.1, -0.05) is 30.3 Å². The van der Waals surface area contributed by atoms with Crippen LogP contribution in [0.15, 0.2) is 30.3 Å². The second-order valence-electron chi connectivity index (χ2n) is 3.04. The number of carboxylic acids is 1. The Bertz CT molecular complexity index is 398. The van der Waals surface area contributed by atoms with Crippen LogP contribution in [0.3, 0.4) is 0 Å². The summed E-state index contributed by atoms with van der Waals surface area (Å²) in [6.07, 6.45) is -5.08. The normalized spacial score (nSPS) is 13.2. The number of Topliss-reactive ketones (excluding diaryl/α,β-unsaturated/α-hetero) is 1. The molecule has 0 aliphatic heterocycles. The van der Waals surface area contributed by atoms with Crippen molar-refractivity contribution in [3.8, 4) is 0 Å². The first-order chi connectivity index (χ1) is 7.34. The molecule has 16 heavy (non-hydrogen) atoms. The summed E-state index contributed by atoms with van der Waals surface area (Å²) in [7, 11) is 0. The van der Waals surface area contributed by atoms with Crippen molar-refractivity contribution >= 4 is 11.8 Å². The number of carbonyl (C=O) groups excluding carboxylic acids is 1. The standard InChI is InChI=1S/C10H7F3O3/c11-10(12,13)7(9(15)16)8(14)6-4-2-1-3-5-6/h1-5,7H,(H,15,16). The smallest absolute Gasteiger partial charge is 0.409 e. The Hall–Kier alpha value is -1.85. The van der Waals surface area contributed by atoms with E-state index in [1.54, 1.807) is 0 Å². The summed E-state index contributed by atoms with van der Waals surface area (Å²) in [6.45, 7) is 0. The molecule has 0 saturated heterocycles. The van der Waals surface area contributed by atoms with E-state index in [4.69, 9.17) is 5.11 Å². The molecule has 1 aromatic carbocycles. The van der Waals surface area contributed by atoms with Gasteiger partial charge in [-0.25, -0.2) is 0 Å². The molecule has 86 valence electrons. The van der Waals surface area contributed by atoms with Crippen molar-refractivity contribution in [2.75, 3.05) is 0 Å². The van der Waals surface area contributed by atoms with E-state index in [9.17, 15) is 22.8 Å². The van der Waals surface area contributed by atoms with Crippen molar-refractivity contribution in [3.63, 3.8) is 0 Å². The molecule has 0 bridgehead atoms. The molecule has 6 heteroatoms. The molecule has 0 radical (unpaired) electrons. The first-order valence-corrected chi connectivity index (χ1v) is 4.23. The largest absolute Gasteiger partial charge is 0.480 e. The Kier molecular flexibility index (Phi) is 3.31. The van der Waals surface area contributed by atoms with E-state index in [1.165, 1.54) is 18.2 Å². The number of ketones is 1. The van der Waals surface area contributed by atoms with Crippen molar-refractivity contribution in [2.24, 2.45) is 5.92 Å². The lowest BCUT2D eigenvalue weighted by atomic mass is 9.97. The molecule has 3 nitrogen and oxygen atoms in total. The van der Waals surface area contributed by atoms with Gasteiger partial charge in [0, 0.05) is 5.56 Å². The third-order valence-corrected chi connectivity index (χ3v) is 1.89. The number of halogens is 3. The van der Waals surface area contributed by atoms with E-state index in [2.05, 4.69) is 0 Å². The van der Waals surface area contributed by atoms with Crippen LogP contribution < -0.4 is 0 Å². The molecular weight excluding hydrogens is 225 g/mol. The molecular formula is C10H7F3O3. The second-order valence-corrected chi connectivity index (χ2v) is 3.04. The minimum Gasteiger partial charge on any atom is -0.480 e. The van der Waals surface area contributed by atoms with Gasteiger partial charge in [0.25, 0.3) is 0 Å². The fraction of sp³-hybridized carbons (Fsp3) is 0.200. The lowest BCUT2D eigenvalue weighted by Crippen LogP contribution is -2.37. The Balaban J connectivity index is 3.07. The maximum atomic E-state index is 12.3. The lowest BCUT2D eigenvalue weighted by molar-refractivity contribution is -0.183. The van der Waals surface area contributed by atoms with Crippen LogP contribution in [0, 0.1) is 5.92 Å². The molecule has 0 spiro atoms. The predicted molar refractivity (Wildman–Crippen MR) is 48.0 cm³/mol. The number of hydrogen-bond acceptors (Lipinski definition) is 2. The van der Waals surface area contributed by atoms with Crippen molar-refractivity contribution in [1.82, 2.24) is 0 Å². The van der Waals surface area contributed by atoms with E-state index >= 15 is 0 Å². The van der Waals surface area contributed by atoms with Crippen LogP contribution >= 0.6 is 0 Å². The van der Waals surface area contributed by atoms with E-state index in [0.717, 1.165) is 12.1 Å². The van der Waals surface area contributed by atoms with E-state index in [1.807, 2.05) is 0 Å². The van der Waals surface area contributed by atoms with Gasteiger partial charge in [-0.3, -0.25) is 9.59 Å². The quantitative estimate of drug-likeness (QED) is 0.641. The average molecular weight is 232 g/mol. The summed E-state index contributed by atoms with van der Waals surface area (Å²) in [5.41, 5.74) is -0.271. The van der Waals surface area contributed by atoms with Crippen molar-refractivity contribution in [3.05, 3.63) is 35.9 Å². The van der Waals surface area contributed by atoms with Crippen molar-refractivity contribution in [2.45, 2.75) is 6.18 Å². The summed E-state index contributed by atoms with van der Waals surface area (Å²) in [5.74, 6) is -6.66. The van der Waals surface area contributed by atoms with Gasteiger partial charge in [-0.05, 0) is 0 Å². The number of rotatable bonds is 3. The summed E-state index contributed by atoms with van der Waals surface area (Å²) in [6, 6.07) is 6.53. The molecule has 0 amide bonds. The number of benzene rings is 1. The van der Waals surface area contributed by atoms with Gasteiger partial charge >= 0.3 is 12.1 Å². The first kappa shape index (κ1) is 12.2. The minimum atomic E-state index is -5.08. The summed E-state index contributed by atoms with van der Waals surface area (Å²) in [4.78, 5) is 21.8. The number of aliphatic carboxylic acids is 1. The van der Waals surface area contributed by atoms with Crippen molar-refractivity contribution in [1.29, 1.82) is 0 Å². The second kappa shape index (κ2) is 4.34. The Morgan fingerprint density at radius 2 is 1.62 bits per heavy atom. The zero-order chi connectivity index (χ0) is 12.3. The highest BCUT2D eigenvalue weighted by Crippen LogP contribution is 2.29. The van der Waals surface area contributed by atoms with Crippen LogP contribution in [0.4, 0.5) is 13.2 Å². The fourth-order valence-corrected chi connectivity index (χ4v) is 1.17. The third-order valence-electron chi connectivity index (χ3n) is 1.89. The monoisotopic (exact) mass is 232 g/mol. The predicted octanol–water partition coefficient (Wildman–Crippen LogP) is 2.13. The molecule has 0 saturated carbocycles. The molecule has 0 heterocycles. The van der Waals surface area contributed by atoms with Gasteiger partial charge in [-0.2, -0.15) is 13.2 Å². The van der Waals surface area contributed by atoms with Crippen LogP contribution in [-0.2, 0) is 4.79 Å². The van der Waals surface area contributed by atoms with Crippen LogP contribution in [0.1, 0.15) is 10.4 Å². The Labute approximate surface area is 88.5 Å². The van der Waals surface area contributed by atoms with Crippen LogP contribution in [0.25, 0.3) is 0 Å². The van der Waals surface area contributed by atoms with E-state index < -0.39 is 23.8 Å². The number of carboxylic acid groups (broad SMARTS) is 1. The highest BCUT2D eigenvalue weighted by atomic mass is 19.4. The summed E-state index contributed by atoms with van der Waals surface area (Å²) < 4.78 is 36.9. The highest BCUT2D eigenvalue weighted by molar-refractivity contribution is 6.08. The van der Waals surface area contributed by atoms with Crippen LogP contribution in [0.5, 0.6) is 0 Å². The molecule has 0 aliphatic rings. The molecule has 1 rings (SSSR count). The SMILES string of the molecule is O=C(O)C(C(=O)c1ccccc1)C(F)(F)F. The van der Waals surface area contributed by atoms with Crippen molar-refractivity contribution < 1.29 is 27.9 Å². The summed E-state index contributed by atoms with van der Waals surface area (Å²) in [5, 5.41) is 8.40. The molecule has 0 fully saturated rings. The van der Waals surface area contributed by atoms with Crippen LogP contribution in [0.2, 0.25) is 0 Å². The van der Waals surface area contributed by atoms with Gasteiger partial charge in [0.2, 0.25) is 5.92 Å². The number of hydrogen-bond donors (Lipinski definition) is 1. The Morgan fingerprint density at radius 3 is 2.00 bits per heavy atom. The molecule has 0 aromatic heterocycles. The topological polar surface area (TPSA) is 54.4 Å². The minimum absolute atomic E-state index is 0.271. The number of alkyl halides is 3. The van der Waals surface area contributed by atoms with Gasteiger partial charge in [-0.15, -0.1) is 0 Å². The summed E-state index contributed by atoms with van der Waals surface area (Å²) >= 11 is 0. The van der Waals surface area contributed by atoms with Gasteiger partial charge in [0.05, 0.1) is 0 Å². The highest BCUT2D eigenvalue weighted by Gasteiger charge is 2.50. The van der Waals surface area contributed by atoms with Gasteiger partial charge < -0.3 is 5.11 Å². The zero-order valence-corrected chi connectivity index (χ0v) is 7.86. The molecule has 1 unspecified atom stereocenters. The van der Waals surface area contributed by atoms with E-state index in [0.29, 0.717) is 0 Å². The maximum absolute atomic E-state index is 12.3. The first-order valence-electron chi connectivity index (χ1n) is 4.23. The van der Waals surface area contributed by atoms with E-state index in [-0.39, 0.29) is 5.56 Å². The zero-order valence-electron chi connectivity index (χ0n) is 7.86. The Morgan fingerprint density at radius 1 is 1.12 bits per heavy atom. The lowest BCUT2D eigenvalue weighted by Gasteiger charge is -2.14. The van der Waals surface area contributed by atoms with Gasteiger partial charge in [0.15, 0.2) is 5.78 Å². The number of carbonyl (C=O) groups is 2. The molecule has 0 aliphatic carbocycles. The molecule has 1 atom stereocenters. The average Bonchev–Trinajstić information content (AvgIpc) is 2.16. The molecule has 1 N–H and O–H groups in total. The fourth-order valence-electron chi connectivity index (χ4n) is 1.17. The van der Waals surface area contributed by atoms with Gasteiger partial charge in [0.1, 0.15) is 0 Å². The van der Waals surface area contributed by atoms with Crippen LogP contribution in [-0.4, -0.2) is 23.0 Å².